The topological polar surface area (TPSA) is 84.9 Å². The normalized spacial score (nSPS) is 10.6. The van der Waals surface area contributed by atoms with E-state index in [2.05, 4.69) is 58.3 Å². The Morgan fingerprint density at radius 1 is 1.19 bits per heavy atom. The lowest BCUT2D eigenvalue weighted by atomic mass is 10.1. The molecule has 1 heterocycles. The Morgan fingerprint density at radius 2 is 1.85 bits per heavy atom. The molecule has 0 fully saturated rings. The third-order valence-electron chi connectivity index (χ3n) is 4.44. The van der Waals surface area contributed by atoms with E-state index in [1.807, 2.05) is 6.92 Å². The summed E-state index contributed by atoms with van der Waals surface area (Å²) in [7, 11) is 1.68. The summed E-state index contributed by atoms with van der Waals surface area (Å²) in [4.78, 5) is 22.0. The van der Waals surface area contributed by atoms with Gasteiger partial charge in [0.05, 0.1) is 5.71 Å². The first-order chi connectivity index (χ1) is 12.5. The van der Waals surface area contributed by atoms with Crippen molar-refractivity contribution < 1.29 is 0 Å². The van der Waals surface area contributed by atoms with Gasteiger partial charge in [0.25, 0.3) is 5.56 Å². The number of H-pyrrole nitrogens is 1. The lowest BCUT2D eigenvalue weighted by molar-refractivity contribution is 0.865. The molecule has 26 heavy (non-hydrogen) atoms. The molecule has 0 radical (unpaired) electrons. The molecule has 6 heteroatoms. The Morgan fingerprint density at radius 3 is 2.38 bits per heavy atom. The number of nitrogens with one attached hydrogen (secondary N) is 3. The minimum Gasteiger partial charge on any atom is -0.382 e. The number of hydrogen-bond acceptors (Lipinski definition) is 5. The smallest absolute Gasteiger partial charge is 0.274 e. The van der Waals surface area contributed by atoms with Crippen LogP contribution < -0.4 is 15.8 Å². The quantitative estimate of drug-likeness (QED) is 0.602. The molecule has 2 rings (SSSR count). The molecule has 0 saturated carbocycles. The maximum absolute atomic E-state index is 12.4. The lowest BCUT2D eigenvalue weighted by Gasteiger charge is -2.21. The van der Waals surface area contributed by atoms with Crippen molar-refractivity contribution in [2.45, 2.75) is 40.0 Å². The van der Waals surface area contributed by atoms with Crippen LogP contribution in [0.2, 0.25) is 0 Å². The maximum atomic E-state index is 12.4. The molecule has 0 aliphatic heterocycles. The van der Waals surface area contributed by atoms with Gasteiger partial charge < -0.3 is 20.6 Å². The van der Waals surface area contributed by atoms with Crippen molar-refractivity contribution in [1.82, 2.24) is 9.97 Å². The highest BCUT2D eigenvalue weighted by molar-refractivity contribution is 6.00. The first-order valence-corrected chi connectivity index (χ1v) is 9.26. The second-order valence-electron chi connectivity index (χ2n) is 6.23. The monoisotopic (exact) mass is 355 g/mol. The molecule has 0 atom stereocenters. The number of aromatic nitrogens is 2. The zero-order valence-electron chi connectivity index (χ0n) is 16.1. The van der Waals surface area contributed by atoms with Gasteiger partial charge in [0.2, 0.25) is 0 Å². The van der Waals surface area contributed by atoms with Gasteiger partial charge in [-0.15, -0.1) is 0 Å². The summed E-state index contributed by atoms with van der Waals surface area (Å²) in [6.45, 7) is 8.24. The van der Waals surface area contributed by atoms with Crippen molar-refractivity contribution >= 4 is 17.1 Å². The molecule has 0 amide bonds. The summed E-state index contributed by atoms with van der Waals surface area (Å²) < 4.78 is 0. The van der Waals surface area contributed by atoms with Gasteiger partial charge in [-0.05, 0) is 38.0 Å². The highest BCUT2D eigenvalue weighted by Crippen LogP contribution is 2.17. The van der Waals surface area contributed by atoms with Crippen LogP contribution in [-0.4, -0.2) is 35.8 Å². The minimum absolute atomic E-state index is 0.229. The summed E-state index contributed by atoms with van der Waals surface area (Å²) in [6.07, 6.45) is 1.98. The van der Waals surface area contributed by atoms with Crippen LogP contribution in [0.25, 0.3) is 0 Å². The molecule has 1 aromatic carbocycles. The SMILES string of the molecule is CCCC(=N)c1nc(Cc2ccc(N(CC)CC)cc2)[nH]c(=O)c1NC. The van der Waals surface area contributed by atoms with Crippen LogP contribution in [0.5, 0.6) is 0 Å². The van der Waals surface area contributed by atoms with Crippen LogP contribution in [-0.2, 0) is 6.42 Å². The predicted molar refractivity (Wildman–Crippen MR) is 109 cm³/mol. The van der Waals surface area contributed by atoms with Gasteiger partial charge in [-0.1, -0.05) is 25.5 Å². The zero-order chi connectivity index (χ0) is 19.1. The van der Waals surface area contributed by atoms with E-state index < -0.39 is 0 Å². The Bertz CT molecular complexity index is 791. The molecule has 0 aliphatic rings. The zero-order valence-corrected chi connectivity index (χ0v) is 16.1. The molecular weight excluding hydrogens is 326 g/mol. The molecule has 0 unspecified atom stereocenters. The molecule has 2 aromatic rings. The van der Waals surface area contributed by atoms with Crippen LogP contribution >= 0.6 is 0 Å². The highest BCUT2D eigenvalue weighted by atomic mass is 16.1. The number of anilines is 2. The van der Waals surface area contributed by atoms with E-state index >= 15 is 0 Å². The number of nitrogens with zero attached hydrogens (tertiary/aromatic N) is 2. The van der Waals surface area contributed by atoms with Crippen molar-refractivity contribution in [3.8, 4) is 0 Å². The fourth-order valence-corrected chi connectivity index (χ4v) is 3.03. The summed E-state index contributed by atoms with van der Waals surface area (Å²) in [5, 5.41) is 11.1. The summed E-state index contributed by atoms with van der Waals surface area (Å²) in [5.41, 5.74) is 3.25. The van der Waals surface area contributed by atoms with Crippen LogP contribution in [0.3, 0.4) is 0 Å². The van der Waals surface area contributed by atoms with E-state index in [-0.39, 0.29) is 5.56 Å². The number of aromatic amines is 1. The van der Waals surface area contributed by atoms with Crippen molar-refractivity contribution in [1.29, 1.82) is 5.41 Å². The molecule has 3 N–H and O–H groups in total. The Kier molecular flexibility index (Phi) is 6.95. The number of hydrogen-bond donors (Lipinski definition) is 3. The highest BCUT2D eigenvalue weighted by Gasteiger charge is 2.14. The van der Waals surface area contributed by atoms with E-state index in [0.29, 0.717) is 35.8 Å². The second kappa shape index (κ2) is 9.17. The van der Waals surface area contributed by atoms with Crippen molar-refractivity contribution in [2.75, 3.05) is 30.4 Å². The summed E-state index contributed by atoms with van der Waals surface area (Å²) in [6, 6.07) is 8.33. The van der Waals surface area contributed by atoms with Gasteiger partial charge in [0.15, 0.2) is 0 Å². The van der Waals surface area contributed by atoms with E-state index in [0.717, 1.165) is 25.1 Å². The van der Waals surface area contributed by atoms with E-state index in [1.165, 1.54) is 5.69 Å². The summed E-state index contributed by atoms with van der Waals surface area (Å²) in [5.74, 6) is 0.584. The molecule has 1 aromatic heterocycles. The van der Waals surface area contributed by atoms with Crippen molar-refractivity contribution in [3.63, 3.8) is 0 Å². The molecule has 0 saturated heterocycles. The molecule has 6 nitrogen and oxygen atoms in total. The number of benzene rings is 1. The molecule has 0 aliphatic carbocycles. The fraction of sp³-hybridized carbons (Fsp3) is 0.450. The van der Waals surface area contributed by atoms with Gasteiger partial charge in [-0.3, -0.25) is 4.79 Å². The minimum atomic E-state index is -0.229. The standard InChI is InChI=1S/C20H29N5O/c1-5-8-16(21)18-19(22-4)20(26)24-17(23-18)13-14-9-11-15(12-10-14)25(6-2)7-3/h9-12,21-22H,5-8,13H2,1-4H3,(H,23,24,26). The van der Waals surface area contributed by atoms with E-state index in [4.69, 9.17) is 5.41 Å². The summed E-state index contributed by atoms with van der Waals surface area (Å²) >= 11 is 0. The van der Waals surface area contributed by atoms with Crippen LogP contribution in [0, 0.1) is 5.41 Å². The number of rotatable bonds is 9. The third-order valence-corrected chi connectivity index (χ3v) is 4.44. The predicted octanol–water partition coefficient (Wildman–Crippen LogP) is 3.42. The molecule has 140 valence electrons. The fourth-order valence-electron chi connectivity index (χ4n) is 3.03. The first kappa shape index (κ1) is 19.7. The molecular formula is C20H29N5O. The van der Waals surface area contributed by atoms with Crippen LogP contribution in [0.15, 0.2) is 29.1 Å². The Hall–Kier alpha value is -2.63. The Balaban J connectivity index is 2.29. The average molecular weight is 355 g/mol. The van der Waals surface area contributed by atoms with Gasteiger partial charge in [-0.2, -0.15) is 0 Å². The van der Waals surface area contributed by atoms with Crippen LogP contribution in [0.4, 0.5) is 11.4 Å². The molecule has 0 bridgehead atoms. The van der Waals surface area contributed by atoms with Crippen LogP contribution in [0.1, 0.15) is 50.7 Å². The van der Waals surface area contributed by atoms with Gasteiger partial charge in [0.1, 0.15) is 17.2 Å². The van der Waals surface area contributed by atoms with Crippen molar-refractivity contribution in [2.24, 2.45) is 0 Å². The largest absolute Gasteiger partial charge is 0.382 e. The Labute approximate surface area is 155 Å². The maximum Gasteiger partial charge on any atom is 0.274 e. The lowest BCUT2D eigenvalue weighted by Crippen LogP contribution is -2.22. The molecule has 0 spiro atoms. The average Bonchev–Trinajstić information content (AvgIpc) is 2.64. The van der Waals surface area contributed by atoms with E-state index in [9.17, 15) is 4.79 Å². The van der Waals surface area contributed by atoms with Gasteiger partial charge in [0, 0.05) is 32.2 Å². The van der Waals surface area contributed by atoms with Crippen molar-refractivity contribution in [3.05, 3.63) is 51.7 Å². The van der Waals surface area contributed by atoms with Gasteiger partial charge in [-0.25, -0.2) is 4.98 Å². The first-order valence-electron chi connectivity index (χ1n) is 9.26. The second-order valence-corrected chi connectivity index (χ2v) is 6.23. The van der Waals surface area contributed by atoms with E-state index in [1.54, 1.807) is 7.05 Å². The van der Waals surface area contributed by atoms with Gasteiger partial charge >= 0.3 is 0 Å². The third kappa shape index (κ3) is 4.50.